The third kappa shape index (κ3) is 3.33. The average molecular weight is 276 g/mol. The molecule has 1 aliphatic rings. The summed E-state index contributed by atoms with van der Waals surface area (Å²) in [5.41, 5.74) is 1.43. The molecular formula is C15H24N4O. The molecule has 2 unspecified atom stereocenters. The van der Waals surface area contributed by atoms with Crippen LogP contribution in [0.4, 0.5) is 0 Å². The molecule has 1 fully saturated rings. The van der Waals surface area contributed by atoms with E-state index in [1.165, 1.54) is 0 Å². The normalized spacial score (nSPS) is 22.9. The zero-order chi connectivity index (χ0) is 14.7. The van der Waals surface area contributed by atoms with Crippen molar-refractivity contribution in [3.8, 4) is 0 Å². The molecule has 110 valence electrons. The van der Waals surface area contributed by atoms with E-state index in [0.717, 1.165) is 25.1 Å². The van der Waals surface area contributed by atoms with Crippen LogP contribution in [0.15, 0.2) is 6.20 Å². The van der Waals surface area contributed by atoms with Gasteiger partial charge in [0, 0.05) is 18.3 Å². The number of aryl methyl sites for hydroxylation is 1. The van der Waals surface area contributed by atoms with Crippen LogP contribution >= 0.6 is 0 Å². The van der Waals surface area contributed by atoms with Gasteiger partial charge in [0.25, 0.3) is 5.91 Å². The molecule has 5 heteroatoms. The Morgan fingerprint density at radius 3 is 2.90 bits per heavy atom. The Bertz CT molecular complexity index is 487. The lowest BCUT2D eigenvalue weighted by Crippen LogP contribution is -2.52. The maximum Gasteiger partial charge on any atom is 0.254 e. The standard InChI is InChI=1S/C15H24N4O/c1-9(2)14-12(8-17-11(4)18-14)15(20)19-13-6-5-7-16-10(13)3/h8-10,13,16H,5-7H2,1-4H3,(H,19,20). The van der Waals surface area contributed by atoms with Crippen molar-refractivity contribution in [3.63, 3.8) is 0 Å². The lowest BCUT2D eigenvalue weighted by atomic mass is 9.98. The third-order valence-electron chi connectivity index (χ3n) is 3.81. The number of hydrogen-bond donors (Lipinski definition) is 2. The van der Waals surface area contributed by atoms with Crippen LogP contribution in [0, 0.1) is 6.92 Å². The quantitative estimate of drug-likeness (QED) is 0.883. The molecule has 0 spiro atoms. The van der Waals surface area contributed by atoms with Gasteiger partial charge in [-0.25, -0.2) is 9.97 Å². The van der Waals surface area contributed by atoms with Crippen LogP contribution in [0.1, 0.15) is 61.4 Å². The van der Waals surface area contributed by atoms with Gasteiger partial charge >= 0.3 is 0 Å². The first-order valence-electron chi connectivity index (χ1n) is 7.37. The fourth-order valence-corrected chi connectivity index (χ4v) is 2.59. The van der Waals surface area contributed by atoms with E-state index in [-0.39, 0.29) is 17.9 Å². The molecule has 2 N–H and O–H groups in total. The summed E-state index contributed by atoms with van der Waals surface area (Å²) in [5, 5.41) is 6.51. The first-order valence-corrected chi connectivity index (χ1v) is 7.37. The molecule has 5 nitrogen and oxygen atoms in total. The third-order valence-corrected chi connectivity index (χ3v) is 3.81. The molecule has 0 aromatic carbocycles. The van der Waals surface area contributed by atoms with Crippen LogP contribution in [0.25, 0.3) is 0 Å². The molecule has 2 heterocycles. The second-order valence-electron chi connectivity index (χ2n) is 5.84. The molecule has 0 bridgehead atoms. The fraction of sp³-hybridized carbons (Fsp3) is 0.667. The molecule has 20 heavy (non-hydrogen) atoms. The molecule has 2 rings (SSSR count). The Morgan fingerprint density at radius 2 is 2.25 bits per heavy atom. The van der Waals surface area contributed by atoms with Crippen molar-refractivity contribution in [2.45, 2.75) is 58.5 Å². The van der Waals surface area contributed by atoms with Crippen molar-refractivity contribution in [1.29, 1.82) is 0 Å². The minimum absolute atomic E-state index is 0.0609. The number of nitrogens with one attached hydrogen (secondary N) is 2. The molecular weight excluding hydrogens is 252 g/mol. The van der Waals surface area contributed by atoms with E-state index in [1.54, 1.807) is 6.20 Å². The monoisotopic (exact) mass is 276 g/mol. The van der Waals surface area contributed by atoms with Crippen molar-refractivity contribution < 1.29 is 4.79 Å². The van der Waals surface area contributed by atoms with Crippen LogP contribution in [-0.4, -0.2) is 34.5 Å². The molecule has 1 aromatic rings. The molecule has 0 radical (unpaired) electrons. The van der Waals surface area contributed by atoms with Gasteiger partial charge in [0.05, 0.1) is 11.3 Å². The summed E-state index contributed by atoms with van der Waals surface area (Å²) in [4.78, 5) is 21.1. The summed E-state index contributed by atoms with van der Waals surface area (Å²) in [6, 6.07) is 0.485. The largest absolute Gasteiger partial charge is 0.348 e. The predicted molar refractivity (Wildman–Crippen MR) is 78.8 cm³/mol. The lowest BCUT2D eigenvalue weighted by Gasteiger charge is -2.30. The highest BCUT2D eigenvalue weighted by Gasteiger charge is 2.24. The smallest absolute Gasteiger partial charge is 0.254 e. The Labute approximate surface area is 120 Å². The van der Waals surface area contributed by atoms with Gasteiger partial charge in [0.15, 0.2) is 0 Å². The van der Waals surface area contributed by atoms with Crippen molar-refractivity contribution in [3.05, 3.63) is 23.3 Å². The van der Waals surface area contributed by atoms with Gasteiger partial charge in [0.2, 0.25) is 0 Å². The minimum Gasteiger partial charge on any atom is -0.348 e. The highest BCUT2D eigenvalue weighted by atomic mass is 16.1. The number of carbonyl (C=O) groups is 1. The molecule has 0 aliphatic carbocycles. The van der Waals surface area contributed by atoms with Gasteiger partial charge in [-0.3, -0.25) is 4.79 Å². The summed E-state index contributed by atoms with van der Waals surface area (Å²) in [5.74, 6) is 0.853. The lowest BCUT2D eigenvalue weighted by molar-refractivity contribution is 0.0917. The van der Waals surface area contributed by atoms with Crippen LogP contribution < -0.4 is 10.6 Å². The zero-order valence-electron chi connectivity index (χ0n) is 12.7. The van der Waals surface area contributed by atoms with E-state index in [9.17, 15) is 4.79 Å². The van der Waals surface area contributed by atoms with E-state index in [4.69, 9.17) is 0 Å². The Morgan fingerprint density at radius 1 is 1.50 bits per heavy atom. The van der Waals surface area contributed by atoms with Gasteiger partial charge < -0.3 is 10.6 Å². The maximum atomic E-state index is 12.5. The highest BCUT2D eigenvalue weighted by Crippen LogP contribution is 2.17. The topological polar surface area (TPSA) is 66.9 Å². The molecule has 2 atom stereocenters. The van der Waals surface area contributed by atoms with E-state index in [2.05, 4.69) is 27.5 Å². The number of rotatable bonds is 3. The summed E-state index contributed by atoms with van der Waals surface area (Å²) >= 11 is 0. The Hall–Kier alpha value is -1.49. The number of hydrogen-bond acceptors (Lipinski definition) is 4. The molecule has 1 saturated heterocycles. The molecule has 1 aliphatic heterocycles. The Kier molecular flexibility index (Phi) is 4.70. The van der Waals surface area contributed by atoms with Gasteiger partial charge in [-0.05, 0) is 39.2 Å². The summed E-state index contributed by atoms with van der Waals surface area (Å²) < 4.78 is 0. The van der Waals surface area contributed by atoms with E-state index in [1.807, 2.05) is 20.8 Å². The van der Waals surface area contributed by atoms with Crippen LogP contribution in [-0.2, 0) is 0 Å². The summed E-state index contributed by atoms with van der Waals surface area (Å²) in [6.45, 7) is 9.07. The van der Waals surface area contributed by atoms with Crippen LogP contribution in [0.3, 0.4) is 0 Å². The van der Waals surface area contributed by atoms with Crippen LogP contribution in [0.5, 0.6) is 0 Å². The van der Waals surface area contributed by atoms with Crippen molar-refractivity contribution in [2.75, 3.05) is 6.54 Å². The van der Waals surface area contributed by atoms with Gasteiger partial charge in [-0.1, -0.05) is 13.8 Å². The zero-order valence-corrected chi connectivity index (χ0v) is 12.7. The second kappa shape index (κ2) is 6.31. The van der Waals surface area contributed by atoms with Gasteiger partial charge in [-0.2, -0.15) is 0 Å². The fourth-order valence-electron chi connectivity index (χ4n) is 2.59. The summed E-state index contributed by atoms with van der Waals surface area (Å²) in [7, 11) is 0. The Balaban J connectivity index is 2.16. The van der Waals surface area contributed by atoms with Gasteiger partial charge in [-0.15, -0.1) is 0 Å². The minimum atomic E-state index is -0.0609. The first-order chi connectivity index (χ1) is 9.49. The van der Waals surface area contributed by atoms with E-state index in [0.29, 0.717) is 17.4 Å². The van der Waals surface area contributed by atoms with Crippen molar-refractivity contribution in [1.82, 2.24) is 20.6 Å². The highest BCUT2D eigenvalue weighted by molar-refractivity contribution is 5.95. The number of amides is 1. The van der Waals surface area contributed by atoms with E-state index >= 15 is 0 Å². The number of piperidine rings is 1. The molecule has 0 saturated carbocycles. The van der Waals surface area contributed by atoms with Crippen molar-refractivity contribution in [2.24, 2.45) is 0 Å². The molecule has 1 aromatic heterocycles. The number of carbonyl (C=O) groups excluding carboxylic acids is 1. The average Bonchev–Trinajstić information content (AvgIpc) is 2.41. The van der Waals surface area contributed by atoms with E-state index < -0.39 is 0 Å². The van der Waals surface area contributed by atoms with Crippen LogP contribution in [0.2, 0.25) is 0 Å². The summed E-state index contributed by atoms with van der Waals surface area (Å²) in [6.07, 6.45) is 3.76. The van der Waals surface area contributed by atoms with Gasteiger partial charge in [0.1, 0.15) is 5.82 Å². The first kappa shape index (κ1) is 14.9. The number of aromatic nitrogens is 2. The van der Waals surface area contributed by atoms with Crippen molar-refractivity contribution >= 4 is 5.91 Å². The maximum absolute atomic E-state index is 12.5. The SMILES string of the molecule is Cc1ncc(C(=O)NC2CCCNC2C)c(C(C)C)n1. The number of nitrogens with zero attached hydrogens (tertiary/aromatic N) is 2. The predicted octanol–water partition coefficient (Wildman–Crippen LogP) is 1.78. The molecule has 1 amide bonds. The second-order valence-corrected chi connectivity index (χ2v) is 5.84.